The Bertz CT molecular complexity index is 1100. The molecule has 48 heavy (non-hydrogen) atoms. The number of esters is 1. The van der Waals surface area contributed by atoms with Gasteiger partial charge in [-0.2, -0.15) is 0 Å². The van der Waals surface area contributed by atoms with Crippen LogP contribution in [0, 0.1) is 23.7 Å². The van der Waals surface area contributed by atoms with Gasteiger partial charge in [-0.25, -0.2) is 9.59 Å². The van der Waals surface area contributed by atoms with Crippen LogP contribution in [0.4, 0.5) is 0 Å². The van der Waals surface area contributed by atoms with Gasteiger partial charge in [-0.3, -0.25) is 0 Å². The van der Waals surface area contributed by atoms with E-state index in [0.29, 0.717) is 24.3 Å². The average molecular weight is 685 g/mol. The summed E-state index contributed by atoms with van der Waals surface area (Å²) in [5.74, 6) is 3.49. The van der Waals surface area contributed by atoms with E-state index in [0.717, 1.165) is 68.2 Å². The normalized spacial score (nSPS) is 20.4. The summed E-state index contributed by atoms with van der Waals surface area (Å²) in [6, 6.07) is 13.7. The van der Waals surface area contributed by atoms with Crippen molar-refractivity contribution in [3.05, 3.63) is 59.7 Å². The molecule has 0 radical (unpaired) electrons. The number of rotatable bonds is 12. The molecule has 2 fully saturated rings. The molecule has 0 aromatic heterocycles. The standard InChI is InChI=1S/C18H27NO3.C17H25NO3.CH4O.CH4.Na.H2O/c1-14-11-15(2)13-19(12-14)9-4-10-22-17-7-5-16(6-8-17)18(20)21-3;1-13-10-14(2)12-18(11-13)8-3-9-21-16-6-4-15(5-7-16)17(19)20;1-2;;;/h5-8,14-15H,4,9-13H2,1-3H3;4-7,13-14H,3,8-12H2,1-2H3,(H,19,20);2H,1H3;1H4;;1H2/q;;;;+1;/p-1. The van der Waals surface area contributed by atoms with Gasteiger partial charge in [0.25, 0.3) is 0 Å². The first-order valence-corrected chi connectivity index (χ1v) is 16.3. The minimum Gasteiger partial charge on any atom is -0.870 e. The van der Waals surface area contributed by atoms with E-state index in [-0.39, 0.29) is 48.4 Å². The van der Waals surface area contributed by atoms with Crippen LogP contribution >= 0.6 is 0 Å². The van der Waals surface area contributed by atoms with E-state index in [1.165, 1.54) is 46.1 Å². The number of hydrogen-bond donors (Lipinski definition) is 2. The summed E-state index contributed by atoms with van der Waals surface area (Å²) >= 11 is 0. The Hall–Kier alpha value is -2.18. The maximum absolute atomic E-state index is 11.3. The Morgan fingerprint density at radius 1 is 0.688 bits per heavy atom. The van der Waals surface area contributed by atoms with Crippen molar-refractivity contribution in [1.82, 2.24) is 9.80 Å². The molecule has 2 aromatic rings. The average Bonchev–Trinajstić information content (AvgIpc) is 3.02. The fourth-order valence-electron chi connectivity index (χ4n) is 6.40. The molecular weight excluding hydrogens is 623 g/mol. The van der Waals surface area contributed by atoms with E-state index in [2.05, 4.69) is 42.2 Å². The molecule has 0 spiro atoms. The summed E-state index contributed by atoms with van der Waals surface area (Å²) in [4.78, 5) is 27.2. The van der Waals surface area contributed by atoms with Crippen LogP contribution < -0.4 is 39.0 Å². The van der Waals surface area contributed by atoms with Crippen molar-refractivity contribution >= 4 is 11.9 Å². The number of benzene rings is 2. The first-order valence-electron chi connectivity index (χ1n) is 16.3. The van der Waals surface area contributed by atoms with Crippen LogP contribution in [0.2, 0.25) is 0 Å². The molecule has 10 nitrogen and oxygen atoms in total. The van der Waals surface area contributed by atoms with Gasteiger partial charge in [0, 0.05) is 46.4 Å². The summed E-state index contributed by atoms with van der Waals surface area (Å²) in [6.07, 6.45) is 4.71. The number of methoxy groups -OCH3 is 1. The molecule has 2 aromatic carbocycles. The van der Waals surface area contributed by atoms with Gasteiger partial charge in [0.05, 0.1) is 31.5 Å². The number of carboxylic acids is 1. The van der Waals surface area contributed by atoms with Crippen molar-refractivity contribution < 1.29 is 69.0 Å². The molecule has 0 aliphatic carbocycles. The monoisotopic (exact) mass is 684 g/mol. The Morgan fingerprint density at radius 2 is 1.02 bits per heavy atom. The summed E-state index contributed by atoms with van der Waals surface area (Å²) < 4.78 is 16.1. The fourth-order valence-corrected chi connectivity index (χ4v) is 6.40. The third-order valence-corrected chi connectivity index (χ3v) is 8.04. The molecule has 3 N–H and O–H groups in total. The smallest absolute Gasteiger partial charge is 0.870 e. The first kappa shape index (κ1) is 47.9. The number of ether oxygens (including phenoxy) is 3. The number of piperidine rings is 2. The number of carbonyl (C=O) groups is 2. The van der Waals surface area contributed by atoms with Crippen molar-refractivity contribution in [2.24, 2.45) is 23.7 Å². The molecule has 0 bridgehead atoms. The van der Waals surface area contributed by atoms with Gasteiger partial charge >= 0.3 is 41.5 Å². The molecule has 2 aliphatic rings. The number of nitrogens with zero attached hydrogens (tertiary/aromatic N) is 2. The van der Waals surface area contributed by atoms with Crippen LogP contribution in [0.15, 0.2) is 48.5 Å². The van der Waals surface area contributed by atoms with Gasteiger partial charge in [0.2, 0.25) is 0 Å². The van der Waals surface area contributed by atoms with Crippen LogP contribution in [0.25, 0.3) is 0 Å². The zero-order chi connectivity index (χ0) is 33.2. The number of hydrogen-bond acceptors (Lipinski definition) is 9. The second kappa shape index (κ2) is 26.7. The zero-order valence-corrected chi connectivity index (χ0v) is 31.7. The predicted octanol–water partition coefficient (Wildman–Crippen LogP) is 3.42. The van der Waals surface area contributed by atoms with Crippen molar-refractivity contribution in [3.8, 4) is 11.5 Å². The van der Waals surface area contributed by atoms with E-state index < -0.39 is 5.97 Å². The van der Waals surface area contributed by atoms with Crippen molar-refractivity contribution in [2.75, 3.05) is 66.7 Å². The van der Waals surface area contributed by atoms with E-state index in [9.17, 15) is 9.59 Å². The Morgan fingerprint density at radius 3 is 1.33 bits per heavy atom. The zero-order valence-electron chi connectivity index (χ0n) is 29.7. The number of aliphatic hydroxyl groups excluding tert-OH is 1. The van der Waals surface area contributed by atoms with Crippen molar-refractivity contribution in [1.29, 1.82) is 0 Å². The topological polar surface area (TPSA) is 139 Å². The minimum absolute atomic E-state index is 0. The maximum atomic E-state index is 11.3. The van der Waals surface area contributed by atoms with Gasteiger partial charge in [0.15, 0.2) is 0 Å². The van der Waals surface area contributed by atoms with Gasteiger partial charge in [-0.05, 0) is 97.9 Å². The van der Waals surface area contributed by atoms with Gasteiger partial charge in [-0.1, -0.05) is 35.1 Å². The first-order chi connectivity index (χ1) is 21.6. The maximum Gasteiger partial charge on any atom is 1.00 e. The number of carboxylic acid groups (broad SMARTS) is 1. The molecule has 2 heterocycles. The van der Waals surface area contributed by atoms with Crippen LogP contribution in [0.3, 0.4) is 0 Å². The van der Waals surface area contributed by atoms with Gasteiger partial charge < -0.3 is 39.7 Å². The van der Waals surface area contributed by atoms with Crippen LogP contribution in [0.1, 0.15) is 81.5 Å². The number of likely N-dealkylation sites (tertiary alicyclic amines) is 2. The van der Waals surface area contributed by atoms with Gasteiger partial charge in [0.1, 0.15) is 11.5 Å². The Balaban J connectivity index is 0. The molecule has 0 saturated carbocycles. The predicted molar refractivity (Wildman–Crippen MR) is 187 cm³/mol. The quantitative estimate of drug-likeness (QED) is 0.194. The number of aliphatic hydroxyl groups is 1. The van der Waals surface area contributed by atoms with E-state index in [4.69, 9.17) is 19.7 Å². The third-order valence-electron chi connectivity index (χ3n) is 8.04. The van der Waals surface area contributed by atoms with Gasteiger partial charge in [-0.15, -0.1) is 0 Å². The van der Waals surface area contributed by atoms with Crippen molar-refractivity contribution in [2.45, 2.75) is 60.8 Å². The molecule has 11 heteroatoms. The summed E-state index contributed by atoms with van der Waals surface area (Å²) in [5.41, 5.74) is 0.838. The molecule has 0 amide bonds. The molecule has 4 atom stereocenters. The SMILES string of the molecule is C.CC1CC(C)CN(CCCOc2ccc(C(=O)O)cc2)C1.CO.COC(=O)c1ccc(OCCCN2CC(C)CC(C)C2)cc1.[Na+].[OH-]. The molecule has 4 rings (SSSR count). The second-order valence-electron chi connectivity index (χ2n) is 12.7. The van der Waals surface area contributed by atoms with Crippen LogP contribution in [-0.4, -0.2) is 104 Å². The van der Waals surface area contributed by atoms with Crippen molar-refractivity contribution in [3.63, 3.8) is 0 Å². The molecule has 4 unspecified atom stereocenters. The third kappa shape index (κ3) is 18.5. The minimum atomic E-state index is -0.908. The summed E-state index contributed by atoms with van der Waals surface area (Å²) in [6.45, 7) is 17.7. The Kier molecular flexibility index (Phi) is 26.6. The largest absolute Gasteiger partial charge is 1.00 e. The van der Waals surface area contributed by atoms with E-state index >= 15 is 0 Å². The number of carbonyl (C=O) groups excluding carboxylic acids is 1. The summed E-state index contributed by atoms with van der Waals surface area (Å²) in [5, 5.41) is 15.8. The van der Waals surface area contributed by atoms with E-state index in [1.807, 2.05) is 12.1 Å². The molecule has 268 valence electrons. The number of aromatic carboxylic acids is 1. The molecule has 2 saturated heterocycles. The fraction of sp³-hybridized carbons (Fsp3) is 0.622. The van der Waals surface area contributed by atoms with Crippen LogP contribution in [-0.2, 0) is 4.74 Å². The van der Waals surface area contributed by atoms with Crippen LogP contribution in [0.5, 0.6) is 11.5 Å². The Labute approximate surface area is 311 Å². The summed E-state index contributed by atoms with van der Waals surface area (Å²) in [7, 11) is 2.38. The molecular formula is C37H61N2NaO8. The molecule has 2 aliphatic heterocycles. The second-order valence-corrected chi connectivity index (χ2v) is 12.7. The van der Waals surface area contributed by atoms with E-state index in [1.54, 1.807) is 36.4 Å².